The van der Waals surface area contributed by atoms with Crippen molar-refractivity contribution >= 4 is 21.9 Å². The predicted octanol–water partition coefficient (Wildman–Crippen LogP) is 3.25. The molecule has 0 fully saturated rings. The number of aliphatic hydroxyl groups is 1. The molecule has 1 rings (SSSR count). The monoisotopic (exact) mass is 314 g/mol. The molecule has 0 spiro atoms. The number of esters is 1. The van der Waals surface area contributed by atoms with E-state index in [1.165, 1.54) is 0 Å². The standard InChI is InChI=1S/C14H19BrO3/c1-4-12(13(16)18-5-2)14(3,17)10-7-6-8-11(15)9-10/h6-9,12,17H,4-5H2,1-3H3. The Hall–Kier alpha value is -0.870. The molecule has 3 nitrogen and oxygen atoms in total. The molecule has 0 aliphatic carbocycles. The molecule has 0 radical (unpaired) electrons. The molecule has 0 amide bonds. The van der Waals surface area contributed by atoms with Crippen LogP contribution < -0.4 is 0 Å². The summed E-state index contributed by atoms with van der Waals surface area (Å²) >= 11 is 3.37. The molecule has 0 aromatic heterocycles. The van der Waals surface area contributed by atoms with Crippen LogP contribution in [0.4, 0.5) is 0 Å². The minimum atomic E-state index is -1.23. The van der Waals surface area contributed by atoms with Crippen LogP contribution in [0.2, 0.25) is 0 Å². The van der Waals surface area contributed by atoms with Crippen LogP contribution in [0.15, 0.2) is 28.7 Å². The molecule has 100 valence electrons. The van der Waals surface area contributed by atoms with E-state index < -0.39 is 11.5 Å². The maximum absolute atomic E-state index is 11.9. The van der Waals surface area contributed by atoms with Gasteiger partial charge in [-0.2, -0.15) is 0 Å². The smallest absolute Gasteiger partial charge is 0.312 e. The SMILES string of the molecule is CCOC(=O)C(CC)C(C)(O)c1cccc(Br)c1. The summed E-state index contributed by atoms with van der Waals surface area (Å²) in [6.07, 6.45) is 0.526. The maximum atomic E-state index is 11.9. The summed E-state index contributed by atoms with van der Waals surface area (Å²) in [5, 5.41) is 10.6. The van der Waals surface area contributed by atoms with Gasteiger partial charge in [-0.25, -0.2) is 0 Å². The summed E-state index contributed by atoms with van der Waals surface area (Å²) in [4.78, 5) is 11.9. The Balaban J connectivity index is 3.06. The van der Waals surface area contributed by atoms with Gasteiger partial charge in [0.2, 0.25) is 0 Å². The minimum absolute atomic E-state index is 0.323. The number of halogens is 1. The van der Waals surface area contributed by atoms with E-state index in [1.807, 2.05) is 31.2 Å². The molecule has 1 aromatic carbocycles. The highest BCUT2D eigenvalue weighted by Gasteiger charge is 2.38. The van der Waals surface area contributed by atoms with Crippen LogP contribution in [0.5, 0.6) is 0 Å². The van der Waals surface area contributed by atoms with Crippen molar-refractivity contribution in [3.63, 3.8) is 0 Å². The van der Waals surface area contributed by atoms with Gasteiger partial charge in [0.05, 0.1) is 12.5 Å². The van der Waals surface area contributed by atoms with Crippen molar-refractivity contribution in [1.82, 2.24) is 0 Å². The maximum Gasteiger partial charge on any atom is 0.312 e. The summed E-state index contributed by atoms with van der Waals surface area (Å²) in [6, 6.07) is 7.35. The third-order valence-corrected chi connectivity index (χ3v) is 3.56. The fraction of sp³-hybridized carbons (Fsp3) is 0.500. The summed E-state index contributed by atoms with van der Waals surface area (Å²) in [7, 11) is 0. The molecule has 2 atom stereocenters. The topological polar surface area (TPSA) is 46.5 Å². The number of carbonyl (C=O) groups is 1. The van der Waals surface area contributed by atoms with Crippen molar-refractivity contribution in [1.29, 1.82) is 0 Å². The average molecular weight is 315 g/mol. The second-order valence-corrected chi connectivity index (χ2v) is 5.29. The number of ether oxygens (including phenoxy) is 1. The van der Waals surface area contributed by atoms with Crippen LogP contribution in [0.3, 0.4) is 0 Å². The van der Waals surface area contributed by atoms with Gasteiger partial charge in [0.1, 0.15) is 5.60 Å². The van der Waals surface area contributed by atoms with Gasteiger partial charge in [0.15, 0.2) is 0 Å². The fourth-order valence-corrected chi connectivity index (χ4v) is 2.44. The van der Waals surface area contributed by atoms with Gasteiger partial charge >= 0.3 is 5.97 Å². The molecule has 0 saturated heterocycles. The summed E-state index contributed by atoms with van der Waals surface area (Å²) in [6.45, 7) is 5.61. The van der Waals surface area contributed by atoms with E-state index in [-0.39, 0.29) is 5.97 Å². The Morgan fingerprint density at radius 1 is 1.50 bits per heavy atom. The predicted molar refractivity (Wildman–Crippen MR) is 74.1 cm³/mol. The van der Waals surface area contributed by atoms with Crippen LogP contribution in [-0.4, -0.2) is 17.7 Å². The second kappa shape index (κ2) is 6.34. The van der Waals surface area contributed by atoms with Crippen molar-refractivity contribution in [2.24, 2.45) is 5.92 Å². The normalized spacial score (nSPS) is 15.8. The summed E-state index contributed by atoms with van der Waals surface area (Å²) in [5.41, 5.74) is -0.526. The molecule has 1 N–H and O–H groups in total. The zero-order chi connectivity index (χ0) is 13.8. The fourth-order valence-electron chi connectivity index (χ4n) is 2.04. The molecule has 18 heavy (non-hydrogen) atoms. The Bertz CT molecular complexity index is 415. The molecule has 0 bridgehead atoms. The lowest BCUT2D eigenvalue weighted by atomic mass is 9.81. The van der Waals surface area contributed by atoms with Crippen LogP contribution in [-0.2, 0) is 15.1 Å². The number of benzene rings is 1. The van der Waals surface area contributed by atoms with Gasteiger partial charge in [0, 0.05) is 4.47 Å². The van der Waals surface area contributed by atoms with E-state index in [0.717, 1.165) is 4.47 Å². The molecular weight excluding hydrogens is 296 g/mol. The Kier molecular flexibility index (Phi) is 5.35. The van der Waals surface area contributed by atoms with Crippen molar-refractivity contribution in [3.05, 3.63) is 34.3 Å². The van der Waals surface area contributed by atoms with E-state index in [1.54, 1.807) is 13.8 Å². The van der Waals surface area contributed by atoms with Crippen molar-refractivity contribution in [2.45, 2.75) is 32.8 Å². The van der Waals surface area contributed by atoms with E-state index in [4.69, 9.17) is 4.74 Å². The molecule has 0 aliphatic rings. The first-order valence-electron chi connectivity index (χ1n) is 6.08. The molecule has 4 heteroatoms. The Morgan fingerprint density at radius 2 is 2.17 bits per heavy atom. The van der Waals surface area contributed by atoms with Gasteiger partial charge in [-0.15, -0.1) is 0 Å². The van der Waals surface area contributed by atoms with E-state index in [0.29, 0.717) is 18.6 Å². The van der Waals surface area contributed by atoms with Gasteiger partial charge in [-0.05, 0) is 38.0 Å². The number of carbonyl (C=O) groups excluding carboxylic acids is 1. The minimum Gasteiger partial charge on any atom is -0.466 e. The van der Waals surface area contributed by atoms with Gasteiger partial charge < -0.3 is 9.84 Å². The van der Waals surface area contributed by atoms with Gasteiger partial charge in [0.25, 0.3) is 0 Å². The summed E-state index contributed by atoms with van der Waals surface area (Å²) < 4.78 is 5.90. The molecule has 0 aliphatic heterocycles. The van der Waals surface area contributed by atoms with E-state index in [2.05, 4.69) is 15.9 Å². The third-order valence-electron chi connectivity index (χ3n) is 3.07. The zero-order valence-corrected chi connectivity index (χ0v) is 12.5. The third kappa shape index (κ3) is 3.33. The molecule has 2 unspecified atom stereocenters. The largest absolute Gasteiger partial charge is 0.466 e. The second-order valence-electron chi connectivity index (χ2n) is 4.37. The lowest BCUT2D eigenvalue weighted by molar-refractivity contribution is -0.158. The average Bonchev–Trinajstić information content (AvgIpc) is 2.30. The highest BCUT2D eigenvalue weighted by atomic mass is 79.9. The number of rotatable bonds is 5. The van der Waals surface area contributed by atoms with Crippen LogP contribution in [0.1, 0.15) is 32.8 Å². The van der Waals surface area contributed by atoms with Crippen LogP contribution in [0, 0.1) is 5.92 Å². The van der Waals surface area contributed by atoms with Gasteiger partial charge in [-0.3, -0.25) is 4.79 Å². The highest BCUT2D eigenvalue weighted by Crippen LogP contribution is 2.33. The lowest BCUT2D eigenvalue weighted by Crippen LogP contribution is -2.38. The van der Waals surface area contributed by atoms with Crippen molar-refractivity contribution in [3.8, 4) is 0 Å². The first-order valence-corrected chi connectivity index (χ1v) is 6.87. The van der Waals surface area contributed by atoms with E-state index in [9.17, 15) is 9.90 Å². The van der Waals surface area contributed by atoms with Crippen LogP contribution in [0.25, 0.3) is 0 Å². The Morgan fingerprint density at radius 3 is 2.67 bits per heavy atom. The molecule has 1 aromatic rings. The number of hydrogen-bond donors (Lipinski definition) is 1. The molecule has 0 heterocycles. The van der Waals surface area contributed by atoms with Gasteiger partial charge in [-0.1, -0.05) is 35.0 Å². The lowest BCUT2D eigenvalue weighted by Gasteiger charge is -2.31. The Labute approximate surface area is 116 Å². The van der Waals surface area contributed by atoms with E-state index >= 15 is 0 Å². The highest BCUT2D eigenvalue weighted by molar-refractivity contribution is 9.10. The first kappa shape index (κ1) is 15.2. The van der Waals surface area contributed by atoms with Crippen LogP contribution >= 0.6 is 15.9 Å². The molecular formula is C14H19BrO3. The molecule has 0 saturated carbocycles. The first-order chi connectivity index (χ1) is 8.43. The van der Waals surface area contributed by atoms with Crippen molar-refractivity contribution < 1.29 is 14.6 Å². The number of hydrogen-bond acceptors (Lipinski definition) is 3. The summed E-state index contributed by atoms with van der Waals surface area (Å²) in [5.74, 6) is -0.920. The zero-order valence-electron chi connectivity index (χ0n) is 10.9. The van der Waals surface area contributed by atoms with Crippen molar-refractivity contribution in [2.75, 3.05) is 6.61 Å². The quantitative estimate of drug-likeness (QED) is 0.849.